The maximum absolute atomic E-state index is 12.9. The van der Waals surface area contributed by atoms with E-state index in [4.69, 9.17) is 11.6 Å². The van der Waals surface area contributed by atoms with Gasteiger partial charge in [0.1, 0.15) is 0 Å². The molecule has 1 aromatic heterocycles. The highest BCUT2D eigenvalue weighted by Crippen LogP contribution is 2.49. The molecule has 1 aliphatic heterocycles. The Morgan fingerprint density at radius 3 is 2.14 bits per heavy atom. The number of amides is 2. The lowest BCUT2D eigenvalue weighted by atomic mass is 9.63. The Kier molecular flexibility index (Phi) is 4.24. The maximum Gasteiger partial charge on any atom is 0.254 e. The van der Waals surface area contributed by atoms with Gasteiger partial charge in [0.25, 0.3) is 11.8 Å². The fraction of sp³-hybridized carbons (Fsp3) is 0.348. The molecule has 6 rings (SSSR count). The SMILES string of the molecule is Cc1cc(/C=N\N2C(=O)[C@H]3[C@H](C2=O)[C@H]2C=C[C@H]3CC2)c(C)n1-c1ccc(Cl)cc1. The molecule has 2 amide bonds. The van der Waals surface area contributed by atoms with E-state index in [9.17, 15) is 9.59 Å². The number of hydrazone groups is 1. The fourth-order valence-electron chi connectivity index (χ4n) is 5.20. The Bertz CT molecular complexity index is 1030. The van der Waals surface area contributed by atoms with Crippen molar-refractivity contribution >= 4 is 29.6 Å². The van der Waals surface area contributed by atoms with Crippen molar-refractivity contribution in [2.24, 2.45) is 28.8 Å². The van der Waals surface area contributed by atoms with Crippen molar-refractivity contribution in [2.45, 2.75) is 26.7 Å². The van der Waals surface area contributed by atoms with E-state index in [0.29, 0.717) is 5.02 Å². The number of carbonyl (C=O) groups is 2. The molecule has 3 aliphatic carbocycles. The van der Waals surface area contributed by atoms with Crippen LogP contribution >= 0.6 is 11.6 Å². The number of allylic oxidation sites excluding steroid dienone is 2. The molecule has 0 radical (unpaired) electrons. The molecular weight excluding hydrogens is 386 g/mol. The Morgan fingerprint density at radius 1 is 1.00 bits per heavy atom. The maximum atomic E-state index is 12.9. The van der Waals surface area contributed by atoms with Crippen LogP contribution in [0.4, 0.5) is 0 Å². The first-order valence-corrected chi connectivity index (χ1v) is 10.4. The van der Waals surface area contributed by atoms with Crippen molar-refractivity contribution < 1.29 is 9.59 Å². The zero-order valence-corrected chi connectivity index (χ0v) is 17.1. The molecule has 0 spiro atoms. The Morgan fingerprint density at radius 2 is 1.59 bits per heavy atom. The van der Waals surface area contributed by atoms with Crippen molar-refractivity contribution in [2.75, 3.05) is 0 Å². The second-order valence-electron chi connectivity index (χ2n) is 8.21. The van der Waals surface area contributed by atoms with Crippen LogP contribution in [0.15, 0.2) is 47.6 Å². The predicted octanol–water partition coefficient (Wildman–Crippen LogP) is 4.28. The lowest BCUT2D eigenvalue weighted by Crippen LogP contribution is -2.38. The summed E-state index contributed by atoms with van der Waals surface area (Å²) in [5, 5.41) is 6.15. The van der Waals surface area contributed by atoms with Crippen molar-refractivity contribution in [3.63, 3.8) is 0 Å². The minimum atomic E-state index is -0.232. The van der Waals surface area contributed by atoms with Gasteiger partial charge in [-0.1, -0.05) is 23.8 Å². The van der Waals surface area contributed by atoms with Gasteiger partial charge >= 0.3 is 0 Å². The summed E-state index contributed by atoms with van der Waals surface area (Å²) < 4.78 is 2.11. The molecular formula is C23H22ClN3O2. The Hall–Kier alpha value is -2.66. The smallest absolute Gasteiger partial charge is 0.254 e. The van der Waals surface area contributed by atoms with Gasteiger partial charge < -0.3 is 4.57 Å². The minimum Gasteiger partial charge on any atom is -0.318 e. The molecule has 1 aromatic carbocycles. The third-order valence-corrected chi connectivity index (χ3v) is 6.86. The molecule has 6 heteroatoms. The van der Waals surface area contributed by atoms with E-state index >= 15 is 0 Å². The molecule has 4 aliphatic rings. The number of hydrogen-bond acceptors (Lipinski definition) is 3. The van der Waals surface area contributed by atoms with E-state index in [1.807, 2.05) is 44.2 Å². The quantitative estimate of drug-likeness (QED) is 0.433. The lowest BCUT2D eigenvalue weighted by Gasteiger charge is -2.37. The highest BCUT2D eigenvalue weighted by molar-refractivity contribution is 6.30. The van der Waals surface area contributed by atoms with E-state index in [0.717, 1.165) is 40.5 Å². The normalized spacial score (nSPS) is 28.0. The van der Waals surface area contributed by atoms with Crippen LogP contribution in [0.25, 0.3) is 5.69 Å². The van der Waals surface area contributed by atoms with Crippen molar-refractivity contribution in [1.82, 2.24) is 9.58 Å². The summed E-state index contributed by atoms with van der Waals surface area (Å²) in [7, 11) is 0. The second kappa shape index (κ2) is 6.70. The van der Waals surface area contributed by atoms with E-state index < -0.39 is 0 Å². The van der Waals surface area contributed by atoms with Gasteiger partial charge in [0.15, 0.2) is 0 Å². The minimum absolute atomic E-state index is 0.151. The standard InChI is InChI=1S/C23H22ClN3O2/c1-13-11-17(14(2)26(13)19-9-7-18(24)8-10-19)12-25-27-22(28)20-15-3-4-16(6-5-15)21(20)23(27)29/h3-4,7-12,15-16,20-21H,5-6H2,1-2H3/b25-12-/t15-,16-,20+,21+/m0/s1. The number of fused-ring (bicyclic) bond motifs is 1. The van der Waals surface area contributed by atoms with Gasteiger partial charge in [0, 0.05) is 27.7 Å². The molecule has 29 heavy (non-hydrogen) atoms. The van der Waals surface area contributed by atoms with Crippen LogP contribution in [0.2, 0.25) is 5.02 Å². The summed E-state index contributed by atoms with van der Waals surface area (Å²) in [6, 6.07) is 9.65. The van der Waals surface area contributed by atoms with Gasteiger partial charge in [0.2, 0.25) is 0 Å². The summed E-state index contributed by atoms with van der Waals surface area (Å²) in [6.07, 6.45) is 7.85. The number of imide groups is 1. The zero-order chi connectivity index (χ0) is 20.3. The largest absolute Gasteiger partial charge is 0.318 e. The van der Waals surface area contributed by atoms with Crippen LogP contribution in [0.3, 0.4) is 0 Å². The van der Waals surface area contributed by atoms with Gasteiger partial charge in [-0.25, -0.2) is 0 Å². The van der Waals surface area contributed by atoms with Crippen LogP contribution in [0.5, 0.6) is 0 Å². The van der Waals surface area contributed by atoms with Gasteiger partial charge in [-0.15, -0.1) is 0 Å². The van der Waals surface area contributed by atoms with Crippen LogP contribution < -0.4 is 0 Å². The van der Waals surface area contributed by atoms with Crippen LogP contribution in [0.1, 0.15) is 29.8 Å². The first-order valence-electron chi connectivity index (χ1n) is 10.0. The number of hydrogen-bond donors (Lipinski definition) is 0. The number of nitrogens with zero attached hydrogens (tertiary/aromatic N) is 3. The predicted molar refractivity (Wildman–Crippen MR) is 112 cm³/mol. The van der Waals surface area contributed by atoms with Crippen molar-refractivity contribution in [1.29, 1.82) is 0 Å². The Balaban J connectivity index is 1.44. The second-order valence-corrected chi connectivity index (χ2v) is 8.65. The number of halogens is 1. The van der Waals surface area contributed by atoms with Crippen LogP contribution in [-0.2, 0) is 9.59 Å². The summed E-state index contributed by atoms with van der Waals surface area (Å²) in [5.41, 5.74) is 3.92. The Labute approximate surface area is 174 Å². The van der Waals surface area contributed by atoms with Crippen LogP contribution in [0, 0.1) is 37.5 Å². The highest BCUT2D eigenvalue weighted by atomic mass is 35.5. The first-order chi connectivity index (χ1) is 14.0. The van der Waals surface area contributed by atoms with Gasteiger partial charge in [-0.3, -0.25) is 9.59 Å². The molecule has 2 bridgehead atoms. The number of carbonyl (C=O) groups excluding carboxylic acids is 2. The van der Waals surface area contributed by atoms with Gasteiger partial charge in [0.05, 0.1) is 18.1 Å². The fourth-order valence-corrected chi connectivity index (χ4v) is 5.32. The average Bonchev–Trinajstić information content (AvgIpc) is 3.16. The van der Waals surface area contributed by atoms with Gasteiger partial charge in [-0.2, -0.15) is 10.1 Å². The molecule has 5 nitrogen and oxygen atoms in total. The molecule has 4 atom stereocenters. The molecule has 0 N–H and O–H groups in total. The summed E-state index contributed by atoms with van der Waals surface area (Å²) in [5.74, 6) is -0.411. The van der Waals surface area contributed by atoms with Gasteiger partial charge in [-0.05, 0) is 68.9 Å². The first kappa shape index (κ1) is 18.4. The number of aryl methyl sites for hydroxylation is 1. The number of rotatable bonds is 3. The molecule has 148 valence electrons. The van der Waals surface area contributed by atoms with Crippen molar-refractivity contribution in [3.05, 3.63) is 64.5 Å². The topological polar surface area (TPSA) is 54.7 Å². The number of aromatic nitrogens is 1. The molecule has 2 aromatic rings. The molecule has 2 heterocycles. The summed E-state index contributed by atoms with van der Waals surface area (Å²) in [6.45, 7) is 4.02. The lowest BCUT2D eigenvalue weighted by molar-refractivity contribution is -0.140. The van der Waals surface area contributed by atoms with E-state index in [1.54, 1.807) is 6.21 Å². The molecule has 0 unspecified atom stereocenters. The third-order valence-electron chi connectivity index (χ3n) is 6.60. The van der Waals surface area contributed by atoms with Crippen LogP contribution in [-0.4, -0.2) is 27.6 Å². The zero-order valence-electron chi connectivity index (χ0n) is 16.4. The average molecular weight is 408 g/mol. The molecule has 2 fully saturated rings. The van der Waals surface area contributed by atoms with Crippen molar-refractivity contribution in [3.8, 4) is 5.69 Å². The van der Waals surface area contributed by atoms with E-state index in [-0.39, 0.29) is 35.5 Å². The van der Waals surface area contributed by atoms with E-state index in [1.165, 1.54) is 0 Å². The monoisotopic (exact) mass is 407 g/mol. The highest BCUT2D eigenvalue weighted by Gasteiger charge is 2.56. The summed E-state index contributed by atoms with van der Waals surface area (Å²) in [4.78, 5) is 25.8. The summed E-state index contributed by atoms with van der Waals surface area (Å²) >= 11 is 6.01. The third kappa shape index (κ3) is 2.79. The molecule has 1 saturated heterocycles. The number of benzene rings is 1. The molecule has 1 saturated carbocycles. The van der Waals surface area contributed by atoms with E-state index in [2.05, 4.69) is 21.8 Å².